The van der Waals surface area contributed by atoms with Crippen LogP contribution in [-0.2, 0) is 17.8 Å². The molecule has 0 amide bonds. The lowest BCUT2D eigenvalue weighted by Gasteiger charge is -2.30. The summed E-state index contributed by atoms with van der Waals surface area (Å²) in [6, 6.07) is 8.92. The van der Waals surface area contributed by atoms with Crippen molar-refractivity contribution in [3.05, 3.63) is 35.4 Å². The summed E-state index contributed by atoms with van der Waals surface area (Å²) in [5, 5.41) is 6.59. The number of nitrogens with one attached hydrogen (secondary N) is 2. The van der Waals surface area contributed by atoms with Gasteiger partial charge in [-0.25, -0.2) is 0 Å². The highest BCUT2D eigenvalue weighted by atomic mass is 127. The van der Waals surface area contributed by atoms with Crippen LogP contribution in [0.2, 0.25) is 0 Å². The van der Waals surface area contributed by atoms with Crippen LogP contribution in [-0.4, -0.2) is 50.8 Å². The molecule has 0 unspecified atom stereocenters. The molecular weight excluding hydrogens is 439 g/mol. The third-order valence-electron chi connectivity index (χ3n) is 4.73. The molecule has 0 aliphatic carbocycles. The molecule has 1 aliphatic rings. The minimum Gasteiger partial charge on any atom is -0.380 e. The highest BCUT2D eigenvalue weighted by molar-refractivity contribution is 14.0. The summed E-state index contributed by atoms with van der Waals surface area (Å²) in [7, 11) is 1.79. The van der Waals surface area contributed by atoms with Crippen molar-refractivity contribution in [3.8, 4) is 0 Å². The van der Waals surface area contributed by atoms with Gasteiger partial charge in [-0.2, -0.15) is 0 Å². The third-order valence-corrected chi connectivity index (χ3v) is 4.73. The van der Waals surface area contributed by atoms with E-state index >= 15 is 0 Å². The standard InChI is InChI=1S/C20H34N4O.HI/c1-4-25-14-11-22-20(21-3)23-15-18-5-7-19(8-6-18)16-24-12-9-17(2)10-13-24;/h5-8,17H,4,9-16H2,1-3H3,(H2,21,22,23);1H. The number of ether oxygens (including phenoxy) is 1. The van der Waals surface area contributed by atoms with Crippen LogP contribution >= 0.6 is 24.0 Å². The molecule has 0 saturated carbocycles. The van der Waals surface area contributed by atoms with Gasteiger partial charge in [-0.1, -0.05) is 31.2 Å². The van der Waals surface area contributed by atoms with E-state index < -0.39 is 0 Å². The van der Waals surface area contributed by atoms with Crippen molar-refractivity contribution in [2.75, 3.05) is 39.9 Å². The lowest BCUT2D eigenvalue weighted by Crippen LogP contribution is -2.38. The second-order valence-electron chi connectivity index (χ2n) is 6.82. The van der Waals surface area contributed by atoms with Crippen molar-refractivity contribution in [1.29, 1.82) is 0 Å². The first kappa shape index (κ1) is 23.2. The van der Waals surface area contributed by atoms with E-state index in [-0.39, 0.29) is 24.0 Å². The van der Waals surface area contributed by atoms with Crippen LogP contribution in [0.5, 0.6) is 0 Å². The number of nitrogens with zero attached hydrogens (tertiary/aromatic N) is 2. The topological polar surface area (TPSA) is 48.9 Å². The molecule has 1 aromatic rings. The summed E-state index contributed by atoms with van der Waals surface area (Å²) in [6.45, 7) is 10.9. The lowest BCUT2D eigenvalue weighted by atomic mass is 9.99. The van der Waals surface area contributed by atoms with E-state index in [1.165, 1.54) is 37.1 Å². The first-order valence-corrected chi connectivity index (χ1v) is 9.53. The summed E-state index contributed by atoms with van der Waals surface area (Å²) in [6.07, 6.45) is 2.66. The van der Waals surface area contributed by atoms with Gasteiger partial charge in [-0.15, -0.1) is 24.0 Å². The van der Waals surface area contributed by atoms with E-state index in [1.807, 2.05) is 6.92 Å². The van der Waals surface area contributed by atoms with Gasteiger partial charge in [0.25, 0.3) is 0 Å². The fraction of sp³-hybridized carbons (Fsp3) is 0.650. The minimum absolute atomic E-state index is 0. The Morgan fingerprint density at radius 3 is 2.42 bits per heavy atom. The van der Waals surface area contributed by atoms with Gasteiger partial charge in [0.2, 0.25) is 0 Å². The smallest absolute Gasteiger partial charge is 0.191 e. The van der Waals surface area contributed by atoms with Crippen molar-refractivity contribution in [2.45, 2.75) is 39.8 Å². The highest BCUT2D eigenvalue weighted by Gasteiger charge is 2.15. The number of aliphatic imine (C=N–C) groups is 1. The molecule has 1 aliphatic heterocycles. The Morgan fingerprint density at radius 2 is 1.81 bits per heavy atom. The number of likely N-dealkylation sites (tertiary alicyclic amines) is 1. The molecule has 5 nitrogen and oxygen atoms in total. The molecule has 1 heterocycles. The van der Waals surface area contributed by atoms with Crippen molar-refractivity contribution in [3.63, 3.8) is 0 Å². The van der Waals surface area contributed by atoms with Gasteiger partial charge in [0.1, 0.15) is 0 Å². The molecule has 0 bridgehead atoms. The van der Waals surface area contributed by atoms with Crippen LogP contribution in [0, 0.1) is 5.92 Å². The Morgan fingerprint density at radius 1 is 1.15 bits per heavy atom. The molecule has 1 aromatic carbocycles. The Kier molecular flexibility index (Phi) is 11.9. The van der Waals surface area contributed by atoms with Crippen molar-refractivity contribution in [1.82, 2.24) is 15.5 Å². The molecule has 0 aromatic heterocycles. The molecule has 2 rings (SSSR count). The van der Waals surface area contributed by atoms with E-state index in [1.54, 1.807) is 7.05 Å². The Balaban J connectivity index is 0.00000338. The normalized spacial score (nSPS) is 16.2. The number of halogens is 1. The Hall–Kier alpha value is -0.860. The number of guanidine groups is 1. The maximum Gasteiger partial charge on any atom is 0.191 e. The average molecular weight is 474 g/mol. The summed E-state index contributed by atoms with van der Waals surface area (Å²) >= 11 is 0. The maximum atomic E-state index is 5.32. The van der Waals surface area contributed by atoms with Gasteiger partial charge in [-0.3, -0.25) is 9.89 Å². The fourth-order valence-corrected chi connectivity index (χ4v) is 3.03. The van der Waals surface area contributed by atoms with Crippen molar-refractivity contribution < 1.29 is 4.74 Å². The molecular formula is C20H35IN4O. The van der Waals surface area contributed by atoms with Gasteiger partial charge in [0.05, 0.1) is 6.61 Å². The average Bonchev–Trinajstić information content (AvgIpc) is 2.64. The molecule has 1 saturated heterocycles. The second-order valence-corrected chi connectivity index (χ2v) is 6.82. The maximum absolute atomic E-state index is 5.32. The summed E-state index contributed by atoms with van der Waals surface area (Å²) in [5.74, 6) is 1.70. The van der Waals surface area contributed by atoms with E-state index in [0.717, 1.165) is 38.1 Å². The summed E-state index contributed by atoms with van der Waals surface area (Å²) in [5.41, 5.74) is 2.67. The van der Waals surface area contributed by atoms with Gasteiger partial charge in [-0.05, 0) is 49.9 Å². The number of rotatable bonds is 8. The zero-order valence-corrected chi connectivity index (χ0v) is 18.8. The number of piperidine rings is 1. The highest BCUT2D eigenvalue weighted by Crippen LogP contribution is 2.18. The van der Waals surface area contributed by atoms with Crippen LogP contribution in [0.25, 0.3) is 0 Å². The van der Waals surface area contributed by atoms with Crippen LogP contribution < -0.4 is 10.6 Å². The van der Waals surface area contributed by atoms with Crippen LogP contribution in [0.15, 0.2) is 29.3 Å². The van der Waals surface area contributed by atoms with Gasteiger partial charge in [0.15, 0.2) is 5.96 Å². The SMILES string of the molecule is CCOCCNC(=NC)NCc1ccc(CN2CCC(C)CC2)cc1.I. The first-order chi connectivity index (χ1) is 12.2. The van der Waals surface area contributed by atoms with E-state index in [0.29, 0.717) is 6.61 Å². The molecule has 1 fully saturated rings. The number of hydrogen-bond donors (Lipinski definition) is 2. The van der Waals surface area contributed by atoms with E-state index in [9.17, 15) is 0 Å². The van der Waals surface area contributed by atoms with Gasteiger partial charge >= 0.3 is 0 Å². The molecule has 6 heteroatoms. The molecule has 0 radical (unpaired) electrons. The molecule has 148 valence electrons. The predicted octanol–water partition coefficient (Wildman–Crippen LogP) is 3.24. The molecule has 0 spiro atoms. The predicted molar refractivity (Wildman–Crippen MR) is 120 cm³/mol. The molecule has 0 atom stereocenters. The van der Waals surface area contributed by atoms with Crippen LogP contribution in [0.4, 0.5) is 0 Å². The van der Waals surface area contributed by atoms with E-state index in [2.05, 4.69) is 51.7 Å². The zero-order chi connectivity index (χ0) is 17.9. The second kappa shape index (κ2) is 13.3. The number of benzene rings is 1. The van der Waals surface area contributed by atoms with Gasteiger partial charge in [0, 0.05) is 33.3 Å². The quantitative estimate of drug-likeness (QED) is 0.263. The lowest BCUT2D eigenvalue weighted by molar-refractivity contribution is 0.152. The Labute approximate surface area is 176 Å². The zero-order valence-electron chi connectivity index (χ0n) is 16.5. The van der Waals surface area contributed by atoms with Gasteiger partial charge < -0.3 is 15.4 Å². The minimum atomic E-state index is 0. The molecule has 26 heavy (non-hydrogen) atoms. The van der Waals surface area contributed by atoms with E-state index in [4.69, 9.17) is 4.74 Å². The number of hydrogen-bond acceptors (Lipinski definition) is 3. The molecule has 2 N–H and O–H groups in total. The summed E-state index contributed by atoms with van der Waals surface area (Å²) < 4.78 is 5.32. The third kappa shape index (κ3) is 8.68. The monoisotopic (exact) mass is 474 g/mol. The van der Waals surface area contributed by atoms with Crippen molar-refractivity contribution in [2.24, 2.45) is 10.9 Å². The van der Waals surface area contributed by atoms with Crippen LogP contribution in [0.3, 0.4) is 0 Å². The largest absolute Gasteiger partial charge is 0.380 e. The summed E-state index contributed by atoms with van der Waals surface area (Å²) in [4.78, 5) is 6.80. The van der Waals surface area contributed by atoms with Crippen LogP contribution in [0.1, 0.15) is 37.8 Å². The van der Waals surface area contributed by atoms with Crippen molar-refractivity contribution >= 4 is 29.9 Å². The fourth-order valence-electron chi connectivity index (χ4n) is 3.03. The Bertz CT molecular complexity index is 513. The first-order valence-electron chi connectivity index (χ1n) is 9.53.